The molecule has 1 aliphatic rings. The molecule has 1 heterocycles. The molecule has 1 N–H and O–H groups in total. The highest BCUT2D eigenvalue weighted by Gasteiger charge is 2.24. The number of nitrogens with one attached hydrogen (secondary N) is 1. The lowest BCUT2D eigenvalue weighted by Crippen LogP contribution is -2.43. The van der Waals surface area contributed by atoms with E-state index in [9.17, 15) is 4.79 Å². The monoisotopic (exact) mass is 278 g/mol. The van der Waals surface area contributed by atoms with Crippen LogP contribution in [0.4, 0.5) is 0 Å². The molecule has 5 heteroatoms. The van der Waals surface area contributed by atoms with Crippen molar-refractivity contribution in [2.75, 3.05) is 33.9 Å². The Bertz CT molecular complexity index is 427. The molecule has 5 nitrogen and oxygen atoms in total. The molecule has 1 amide bonds. The zero-order chi connectivity index (χ0) is 14.4. The number of methoxy groups -OCH3 is 1. The molecule has 1 aliphatic heterocycles. The van der Waals surface area contributed by atoms with Crippen molar-refractivity contribution < 1.29 is 14.3 Å². The Morgan fingerprint density at radius 2 is 2.05 bits per heavy atom. The predicted octanol–water partition coefficient (Wildman–Crippen LogP) is 1.28. The van der Waals surface area contributed by atoms with Gasteiger partial charge in [0.05, 0.1) is 19.7 Å². The fourth-order valence-corrected chi connectivity index (χ4v) is 2.24. The Hall–Kier alpha value is -1.75. The van der Waals surface area contributed by atoms with Gasteiger partial charge in [-0.1, -0.05) is 0 Å². The fourth-order valence-electron chi connectivity index (χ4n) is 2.24. The van der Waals surface area contributed by atoms with E-state index in [0.29, 0.717) is 13.2 Å². The number of ether oxygens (including phenoxy) is 2. The maximum absolute atomic E-state index is 12.1. The van der Waals surface area contributed by atoms with Crippen LogP contribution in [0.5, 0.6) is 11.5 Å². The number of carbonyl (C=O) groups is 1. The van der Waals surface area contributed by atoms with Gasteiger partial charge < -0.3 is 19.7 Å². The number of benzene rings is 1. The minimum atomic E-state index is -0.0130. The lowest BCUT2D eigenvalue weighted by molar-refractivity contribution is -0.132. The highest BCUT2D eigenvalue weighted by atomic mass is 16.5. The van der Waals surface area contributed by atoms with Crippen LogP contribution in [-0.2, 0) is 4.79 Å². The molecule has 1 fully saturated rings. The molecule has 20 heavy (non-hydrogen) atoms. The van der Waals surface area contributed by atoms with Gasteiger partial charge in [0.1, 0.15) is 18.1 Å². The van der Waals surface area contributed by atoms with Gasteiger partial charge in [0.15, 0.2) is 0 Å². The first-order valence-electron chi connectivity index (χ1n) is 6.96. The van der Waals surface area contributed by atoms with E-state index in [4.69, 9.17) is 9.47 Å². The highest BCUT2D eigenvalue weighted by Crippen LogP contribution is 2.16. The average Bonchev–Trinajstić information content (AvgIpc) is 3.01. The second-order valence-electron chi connectivity index (χ2n) is 4.93. The topological polar surface area (TPSA) is 50.8 Å². The van der Waals surface area contributed by atoms with Crippen molar-refractivity contribution in [3.63, 3.8) is 0 Å². The summed E-state index contributed by atoms with van der Waals surface area (Å²) in [5, 5.41) is 3.21. The Labute approximate surface area is 119 Å². The van der Waals surface area contributed by atoms with E-state index in [1.54, 1.807) is 12.0 Å². The lowest BCUT2D eigenvalue weighted by Gasteiger charge is -2.21. The molecule has 1 aromatic carbocycles. The van der Waals surface area contributed by atoms with E-state index in [2.05, 4.69) is 5.32 Å². The van der Waals surface area contributed by atoms with Crippen molar-refractivity contribution in [1.82, 2.24) is 10.2 Å². The first kappa shape index (κ1) is 14.7. The van der Waals surface area contributed by atoms with Gasteiger partial charge in [-0.2, -0.15) is 0 Å². The summed E-state index contributed by atoms with van der Waals surface area (Å²) in [5.41, 5.74) is 0. The van der Waals surface area contributed by atoms with Crippen LogP contribution in [0.25, 0.3) is 0 Å². The number of hydrogen-bond donors (Lipinski definition) is 1. The van der Waals surface area contributed by atoms with Gasteiger partial charge in [-0.3, -0.25) is 4.79 Å². The summed E-state index contributed by atoms with van der Waals surface area (Å²) in [6.45, 7) is 2.01. The third kappa shape index (κ3) is 3.87. The van der Waals surface area contributed by atoms with Gasteiger partial charge >= 0.3 is 0 Å². The molecule has 1 saturated heterocycles. The van der Waals surface area contributed by atoms with E-state index < -0.39 is 0 Å². The lowest BCUT2D eigenvalue weighted by atomic mass is 10.2. The molecule has 1 aromatic rings. The number of likely N-dealkylation sites (N-methyl/N-ethyl adjacent to an activating group) is 1. The van der Waals surface area contributed by atoms with Crippen molar-refractivity contribution in [3.05, 3.63) is 24.3 Å². The Morgan fingerprint density at radius 3 is 2.65 bits per heavy atom. The molecular weight excluding hydrogens is 256 g/mol. The minimum absolute atomic E-state index is 0.0130. The number of amides is 1. The van der Waals surface area contributed by atoms with E-state index in [-0.39, 0.29) is 11.9 Å². The van der Waals surface area contributed by atoms with Crippen molar-refractivity contribution in [2.24, 2.45) is 0 Å². The summed E-state index contributed by atoms with van der Waals surface area (Å²) in [6.07, 6.45) is 2.01. The predicted molar refractivity (Wildman–Crippen MR) is 77.2 cm³/mol. The number of hydrogen-bond acceptors (Lipinski definition) is 4. The molecule has 110 valence electrons. The first-order chi connectivity index (χ1) is 9.70. The maximum Gasteiger partial charge on any atom is 0.239 e. The summed E-state index contributed by atoms with van der Waals surface area (Å²) < 4.78 is 10.7. The van der Waals surface area contributed by atoms with Gasteiger partial charge in [-0.05, 0) is 43.7 Å². The van der Waals surface area contributed by atoms with Crippen LogP contribution < -0.4 is 14.8 Å². The zero-order valence-corrected chi connectivity index (χ0v) is 12.1. The summed E-state index contributed by atoms with van der Waals surface area (Å²) in [5.74, 6) is 1.74. The zero-order valence-electron chi connectivity index (χ0n) is 12.1. The fraction of sp³-hybridized carbons (Fsp3) is 0.533. The summed E-state index contributed by atoms with van der Waals surface area (Å²) in [4.78, 5) is 13.8. The largest absolute Gasteiger partial charge is 0.497 e. The van der Waals surface area contributed by atoms with E-state index in [1.165, 1.54) is 0 Å². The van der Waals surface area contributed by atoms with Crippen LogP contribution in [0.1, 0.15) is 12.8 Å². The molecule has 1 atom stereocenters. The molecule has 0 saturated carbocycles. The molecular formula is C15H22N2O3. The molecule has 0 aromatic heterocycles. The molecule has 0 radical (unpaired) electrons. The van der Waals surface area contributed by atoms with Crippen LogP contribution in [0.15, 0.2) is 24.3 Å². The average molecular weight is 278 g/mol. The van der Waals surface area contributed by atoms with E-state index >= 15 is 0 Å². The SMILES string of the molecule is COc1ccc(OCCN(C)C(=O)[C@@H]2CCCN2)cc1. The van der Waals surface area contributed by atoms with Crippen molar-refractivity contribution in [1.29, 1.82) is 0 Å². The standard InChI is InChI=1S/C15H22N2O3/c1-17(15(18)14-4-3-9-16-14)10-11-20-13-7-5-12(19-2)6-8-13/h5-8,14,16H,3-4,9-11H2,1-2H3/t14-/m0/s1. The van der Waals surface area contributed by atoms with Crippen LogP contribution in [0.3, 0.4) is 0 Å². The summed E-state index contributed by atoms with van der Waals surface area (Å²) >= 11 is 0. The summed E-state index contributed by atoms with van der Waals surface area (Å²) in [7, 11) is 3.45. The summed E-state index contributed by atoms with van der Waals surface area (Å²) in [6, 6.07) is 7.42. The van der Waals surface area contributed by atoms with Crippen molar-refractivity contribution >= 4 is 5.91 Å². The van der Waals surface area contributed by atoms with Gasteiger partial charge in [-0.15, -0.1) is 0 Å². The smallest absolute Gasteiger partial charge is 0.239 e. The van der Waals surface area contributed by atoms with Gasteiger partial charge in [-0.25, -0.2) is 0 Å². The van der Waals surface area contributed by atoms with Gasteiger partial charge in [0.2, 0.25) is 5.91 Å². The van der Waals surface area contributed by atoms with Gasteiger partial charge in [0.25, 0.3) is 0 Å². The molecule has 0 spiro atoms. The number of carbonyl (C=O) groups excluding carboxylic acids is 1. The Kier molecular flexibility index (Phi) is 5.24. The molecule has 2 rings (SSSR count). The van der Waals surface area contributed by atoms with E-state index in [0.717, 1.165) is 30.9 Å². The molecule has 0 bridgehead atoms. The first-order valence-corrected chi connectivity index (χ1v) is 6.96. The van der Waals surface area contributed by atoms with Crippen LogP contribution >= 0.6 is 0 Å². The maximum atomic E-state index is 12.1. The third-order valence-corrected chi connectivity index (χ3v) is 3.49. The Morgan fingerprint density at radius 1 is 1.35 bits per heavy atom. The molecule has 0 aliphatic carbocycles. The normalized spacial score (nSPS) is 17.8. The van der Waals surface area contributed by atoms with Gasteiger partial charge in [0, 0.05) is 7.05 Å². The van der Waals surface area contributed by atoms with Crippen LogP contribution in [0, 0.1) is 0 Å². The van der Waals surface area contributed by atoms with E-state index in [1.807, 2.05) is 31.3 Å². The number of rotatable bonds is 6. The minimum Gasteiger partial charge on any atom is -0.497 e. The second kappa shape index (κ2) is 7.14. The quantitative estimate of drug-likeness (QED) is 0.852. The highest BCUT2D eigenvalue weighted by molar-refractivity contribution is 5.81. The third-order valence-electron chi connectivity index (χ3n) is 3.49. The number of nitrogens with zero attached hydrogens (tertiary/aromatic N) is 1. The van der Waals surface area contributed by atoms with Crippen LogP contribution in [-0.4, -0.2) is 50.7 Å². The van der Waals surface area contributed by atoms with Crippen molar-refractivity contribution in [2.45, 2.75) is 18.9 Å². The second-order valence-corrected chi connectivity index (χ2v) is 4.93. The molecule has 0 unspecified atom stereocenters. The van der Waals surface area contributed by atoms with Crippen LogP contribution in [0.2, 0.25) is 0 Å². The van der Waals surface area contributed by atoms with Crippen molar-refractivity contribution in [3.8, 4) is 11.5 Å². The Balaban J connectivity index is 1.72.